The van der Waals surface area contributed by atoms with Crippen LogP contribution < -0.4 is 4.74 Å². The Morgan fingerprint density at radius 3 is 2.42 bits per heavy atom. The lowest BCUT2D eigenvalue weighted by atomic mass is 10.2. The van der Waals surface area contributed by atoms with Gasteiger partial charge in [-0.2, -0.15) is 0 Å². The fourth-order valence-corrected chi connectivity index (χ4v) is 1.67. The topological polar surface area (TPSA) is 9.23 Å². The number of aryl methyl sites for hydroxylation is 1. The summed E-state index contributed by atoms with van der Waals surface area (Å²) in [5.74, 6) is 0.424. The van der Waals surface area contributed by atoms with Crippen LogP contribution in [0, 0.1) is 12.7 Å². The summed E-state index contributed by atoms with van der Waals surface area (Å²) in [5, 5.41) is 0.391. The molecule has 0 aliphatic rings. The molecule has 0 unspecified atom stereocenters. The van der Waals surface area contributed by atoms with Gasteiger partial charge in [-0.05, 0) is 30.7 Å². The van der Waals surface area contributed by atoms with E-state index in [1.807, 2.05) is 45.0 Å². The molecule has 102 valence electrons. The van der Waals surface area contributed by atoms with Crippen LogP contribution in [0.5, 0.6) is 5.75 Å². The van der Waals surface area contributed by atoms with Gasteiger partial charge in [-0.25, -0.2) is 4.39 Å². The Morgan fingerprint density at radius 2 is 1.79 bits per heavy atom. The maximum absolute atomic E-state index is 13.5. The van der Waals surface area contributed by atoms with Gasteiger partial charge in [0.2, 0.25) is 0 Å². The Morgan fingerprint density at radius 1 is 1.11 bits per heavy atom. The average Bonchev–Trinajstić information content (AvgIpc) is 2.42. The van der Waals surface area contributed by atoms with E-state index in [1.54, 1.807) is 12.1 Å². The Bertz CT molecular complexity index is 526. The minimum absolute atomic E-state index is 0.202. The van der Waals surface area contributed by atoms with Crippen LogP contribution in [0.25, 0.3) is 0 Å². The number of benzene rings is 2. The fraction of sp³-hybridized carbons (Fsp3) is 0.250. The minimum Gasteiger partial charge on any atom is -0.489 e. The van der Waals surface area contributed by atoms with E-state index in [1.165, 1.54) is 6.07 Å². The summed E-state index contributed by atoms with van der Waals surface area (Å²) in [4.78, 5) is 0. The predicted octanol–water partition coefficient (Wildman–Crippen LogP) is 5.39. The van der Waals surface area contributed by atoms with E-state index >= 15 is 0 Å². The van der Waals surface area contributed by atoms with Crippen LogP contribution in [0.15, 0.2) is 42.5 Å². The highest BCUT2D eigenvalue weighted by Crippen LogP contribution is 2.20. The SMILES string of the molecule is CC.Cc1ccccc1OCc1ccc(Cl)cc1F. The second-order valence-electron chi connectivity index (χ2n) is 3.79. The highest BCUT2D eigenvalue weighted by molar-refractivity contribution is 6.30. The van der Waals surface area contributed by atoms with Crippen molar-refractivity contribution in [1.29, 1.82) is 0 Å². The van der Waals surface area contributed by atoms with Gasteiger partial charge in [-0.15, -0.1) is 0 Å². The molecule has 2 aromatic carbocycles. The van der Waals surface area contributed by atoms with Crippen molar-refractivity contribution in [2.75, 3.05) is 0 Å². The molecule has 0 radical (unpaired) electrons. The van der Waals surface area contributed by atoms with Crippen molar-refractivity contribution < 1.29 is 9.13 Å². The summed E-state index contributed by atoms with van der Waals surface area (Å²) in [6.07, 6.45) is 0. The molecule has 0 aliphatic heterocycles. The third-order valence-electron chi connectivity index (χ3n) is 2.49. The summed E-state index contributed by atoms with van der Waals surface area (Å²) < 4.78 is 19.0. The molecule has 3 heteroatoms. The first kappa shape index (κ1) is 15.5. The normalized spacial score (nSPS) is 9.53. The highest BCUT2D eigenvalue weighted by atomic mass is 35.5. The van der Waals surface area contributed by atoms with Crippen molar-refractivity contribution in [3.8, 4) is 5.75 Å². The van der Waals surface area contributed by atoms with E-state index in [0.717, 1.165) is 11.3 Å². The van der Waals surface area contributed by atoms with Crippen LogP contribution in [-0.4, -0.2) is 0 Å². The molecule has 0 aliphatic carbocycles. The molecule has 0 N–H and O–H groups in total. The second kappa shape index (κ2) is 7.80. The molecule has 0 saturated carbocycles. The molecule has 0 atom stereocenters. The first-order valence-electron chi connectivity index (χ1n) is 6.29. The second-order valence-corrected chi connectivity index (χ2v) is 4.23. The van der Waals surface area contributed by atoms with E-state index in [4.69, 9.17) is 16.3 Å². The van der Waals surface area contributed by atoms with Crippen LogP contribution in [-0.2, 0) is 6.61 Å². The van der Waals surface area contributed by atoms with Gasteiger partial charge >= 0.3 is 0 Å². The first-order chi connectivity index (χ1) is 9.16. The quantitative estimate of drug-likeness (QED) is 0.732. The van der Waals surface area contributed by atoms with Gasteiger partial charge in [0.1, 0.15) is 18.2 Å². The molecular weight excluding hydrogens is 263 g/mol. The van der Waals surface area contributed by atoms with Gasteiger partial charge in [0.15, 0.2) is 0 Å². The van der Waals surface area contributed by atoms with E-state index in [9.17, 15) is 4.39 Å². The third kappa shape index (κ3) is 4.56. The lowest BCUT2D eigenvalue weighted by Crippen LogP contribution is -1.99. The van der Waals surface area contributed by atoms with Crippen LogP contribution in [0.3, 0.4) is 0 Å². The maximum atomic E-state index is 13.5. The largest absolute Gasteiger partial charge is 0.489 e. The zero-order chi connectivity index (χ0) is 14.3. The van der Waals surface area contributed by atoms with Crippen molar-refractivity contribution in [1.82, 2.24) is 0 Å². The maximum Gasteiger partial charge on any atom is 0.131 e. The molecule has 0 heterocycles. The van der Waals surface area contributed by atoms with E-state index in [-0.39, 0.29) is 12.4 Å². The van der Waals surface area contributed by atoms with E-state index in [0.29, 0.717) is 10.6 Å². The number of hydrogen-bond acceptors (Lipinski definition) is 1. The number of hydrogen-bond donors (Lipinski definition) is 0. The lowest BCUT2D eigenvalue weighted by molar-refractivity contribution is 0.298. The Kier molecular flexibility index (Phi) is 6.37. The third-order valence-corrected chi connectivity index (χ3v) is 2.73. The number of rotatable bonds is 3. The number of halogens is 2. The molecule has 1 nitrogen and oxygen atoms in total. The van der Waals surface area contributed by atoms with Crippen LogP contribution in [0.2, 0.25) is 5.02 Å². The zero-order valence-corrected chi connectivity index (χ0v) is 12.2. The van der Waals surface area contributed by atoms with Gasteiger partial charge in [0, 0.05) is 10.6 Å². The van der Waals surface area contributed by atoms with Crippen LogP contribution >= 0.6 is 11.6 Å². The fourth-order valence-electron chi connectivity index (χ4n) is 1.51. The lowest BCUT2D eigenvalue weighted by Gasteiger charge is -2.09. The standard InChI is InChI=1S/C14H12ClFO.C2H6/c1-10-4-2-3-5-14(10)17-9-11-6-7-12(15)8-13(11)16;1-2/h2-8H,9H2,1H3;1-2H3. The van der Waals surface area contributed by atoms with E-state index in [2.05, 4.69) is 0 Å². The van der Waals surface area contributed by atoms with Gasteiger partial charge in [0.05, 0.1) is 0 Å². The summed E-state index contributed by atoms with van der Waals surface area (Å²) in [7, 11) is 0. The highest BCUT2D eigenvalue weighted by Gasteiger charge is 2.04. The average molecular weight is 281 g/mol. The molecule has 0 fully saturated rings. The Balaban J connectivity index is 0.000000861. The monoisotopic (exact) mass is 280 g/mol. The molecule has 0 amide bonds. The molecule has 0 saturated heterocycles. The summed E-state index contributed by atoms with van der Waals surface area (Å²) in [6.45, 7) is 6.15. The van der Waals surface area contributed by atoms with Crippen LogP contribution in [0.4, 0.5) is 4.39 Å². The molecule has 2 rings (SSSR count). The zero-order valence-electron chi connectivity index (χ0n) is 11.4. The molecule has 0 bridgehead atoms. The van der Waals surface area contributed by atoms with Crippen molar-refractivity contribution in [3.05, 3.63) is 64.4 Å². The molecule has 0 spiro atoms. The summed E-state index contributed by atoms with van der Waals surface area (Å²) in [6, 6.07) is 12.2. The Labute approximate surface area is 119 Å². The smallest absolute Gasteiger partial charge is 0.131 e. The van der Waals surface area contributed by atoms with Gasteiger partial charge < -0.3 is 4.74 Å². The minimum atomic E-state index is -0.342. The van der Waals surface area contributed by atoms with Gasteiger partial charge in [-0.1, -0.05) is 49.7 Å². The van der Waals surface area contributed by atoms with Crippen LogP contribution in [0.1, 0.15) is 25.0 Å². The molecule has 19 heavy (non-hydrogen) atoms. The van der Waals surface area contributed by atoms with E-state index < -0.39 is 0 Å². The predicted molar refractivity (Wildman–Crippen MR) is 78.3 cm³/mol. The van der Waals surface area contributed by atoms with Crippen molar-refractivity contribution in [2.45, 2.75) is 27.4 Å². The molecule has 0 aromatic heterocycles. The molecular formula is C16H18ClFO. The summed E-state index contributed by atoms with van der Waals surface area (Å²) >= 11 is 5.68. The Hall–Kier alpha value is -1.54. The van der Waals surface area contributed by atoms with Gasteiger partial charge in [-0.3, -0.25) is 0 Å². The molecule has 2 aromatic rings. The van der Waals surface area contributed by atoms with Crippen molar-refractivity contribution >= 4 is 11.6 Å². The first-order valence-corrected chi connectivity index (χ1v) is 6.67. The van der Waals surface area contributed by atoms with Gasteiger partial charge in [0.25, 0.3) is 0 Å². The number of ether oxygens (including phenoxy) is 1. The number of para-hydroxylation sites is 1. The van der Waals surface area contributed by atoms with Crippen molar-refractivity contribution in [2.24, 2.45) is 0 Å². The van der Waals surface area contributed by atoms with Crippen molar-refractivity contribution in [3.63, 3.8) is 0 Å². The summed E-state index contributed by atoms with van der Waals surface area (Å²) in [5.41, 5.74) is 1.53.